The van der Waals surface area contributed by atoms with Gasteiger partial charge < -0.3 is 41.0 Å². The number of nitrogen functional groups attached to an aromatic ring is 1. The molecule has 18 nitrogen and oxygen atoms in total. The highest BCUT2D eigenvalue weighted by Crippen LogP contribution is 2.21. The zero-order chi connectivity index (χ0) is 33.1. The fourth-order valence-corrected chi connectivity index (χ4v) is 5.15. The van der Waals surface area contributed by atoms with Crippen LogP contribution in [0.15, 0.2) is 38.6 Å². The Morgan fingerprint density at radius 2 is 1.72 bits per heavy atom. The first-order valence-electron chi connectivity index (χ1n) is 14.1. The van der Waals surface area contributed by atoms with E-state index in [1.165, 1.54) is 11.8 Å². The highest BCUT2D eigenvalue weighted by molar-refractivity contribution is 6.30. The van der Waals surface area contributed by atoms with Crippen LogP contribution in [0.2, 0.25) is 5.02 Å². The number of carbonyl (C=O) groups is 3. The molecular weight excluding hydrogens is 624 g/mol. The van der Waals surface area contributed by atoms with E-state index in [0.717, 1.165) is 4.52 Å². The van der Waals surface area contributed by atoms with Crippen LogP contribution in [0.4, 0.5) is 23.0 Å². The molecule has 0 radical (unpaired) electrons. The van der Waals surface area contributed by atoms with Crippen molar-refractivity contribution in [3.05, 3.63) is 71.9 Å². The largest absolute Gasteiger partial charge is 0.392 e. The van der Waals surface area contributed by atoms with Gasteiger partial charge in [0, 0.05) is 62.6 Å². The molecule has 0 bridgehead atoms. The normalized spacial score (nSPS) is 13.1. The lowest BCUT2D eigenvalue weighted by molar-refractivity contribution is -0.119. The van der Waals surface area contributed by atoms with Gasteiger partial charge in [-0.3, -0.25) is 29.0 Å². The lowest BCUT2D eigenvalue weighted by Crippen LogP contribution is -2.51. The number of H-pyrrole nitrogens is 2. The lowest BCUT2D eigenvalue weighted by Gasteiger charge is -2.36. The smallest absolute Gasteiger partial charge is 0.326 e. The summed E-state index contributed by atoms with van der Waals surface area (Å²) in [5.41, 5.74) is 4.01. The van der Waals surface area contributed by atoms with E-state index >= 15 is 0 Å². The van der Waals surface area contributed by atoms with Crippen LogP contribution in [0, 0.1) is 6.92 Å². The molecule has 46 heavy (non-hydrogen) atoms. The Bertz CT molecular complexity index is 1990. The molecule has 19 heteroatoms. The maximum Gasteiger partial charge on any atom is 0.326 e. The summed E-state index contributed by atoms with van der Waals surface area (Å²) in [6.45, 7) is 4.11. The van der Waals surface area contributed by atoms with E-state index < -0.39 is 34.3 Å². The number of hydrogen-bond acceptors (Lipinski definition) is 11. The van der Waals surface area contributed by atoms with Gasteiger partial charge in [0.2, 0.25) is 23.5 Å². The Labute approximate surface area is 264 Å². The van der Waals surface area contributed by atoms with Crippen LogP contribution >= 0.6 is 11.6 Å². The molecule has 5 rings (SSSR count). The molecule has 7 N–H and O–H groups in total. The molecule has 1 saturated heterocycles. The van der Waals surface area contributed by atoms with Gasteiger partial charge in [-0.1, -0.05) is 11.6 Å². The number of nitrogens with one attached hydrogen (secondary N) is 5. The fraction of sp³-hybridized carbons (Fsp3) is 0.333. The molecule has 1 fully saturated rings. The highest BCUT2D eigenvalue weighted by Gasteiger charge is 2.29. The van der Waals surface area contributed by atoms with Crippen LogP contribution in [0.25, 0.3) is 5.78 Å². The molecule has 0 saturated carbocycles. The van der Waals surface area contributed by atoms with Gasteiger partial charge in [-0.05, 0) is 31.2 Å². The van der Waals surface area contributed by atoms with E-state index in [1.54, 1.807) is 40.7 Å². The van der Waals surface area contributed by atoms with Crippen molar-refractivity contribution in [2.75, 3.05) is 60.5 Å². The number of fused-ring (bicyclic) bond motifs is 1. The molecule has 1 aromatic carbocycles. The molecule has 1 aliphatic heterocycles. The van der Waals surface area contributed by atoms with Gasteiger partial charge in [-0.25, -0.2) is 4.79 Å². The van der Waals surface area contributed by atoms with Crippen molar-refractivity contribution in [3.63, 3.8) is 0 Å². The second kappa shape index (κ2) is 13.1. The summed E-state index contributed by atoms with van der Waals surface area (Å²) in [6.07, 6.45) is 0. The number of nitrogens with zero attached hydrogens (tertiary/aromatic N) is 6. The summed E-state index contributed by atoms with van der Waals surface area (Å²) in [5.74, 6) is -1.000. The van der Waals surface area contributed by atoms with E-state index in [0.29, 0.717) is 22.9 Å². The number of benzene rings is 1. The van der Waals surface area contributed by atoms with Gasteiger partial charge in [-0.2, -0.15) is 9.50 Å². The summed E-state index contributed by atoms with van der Waals surface area (Å²) in [4.78, 5) is 86.9. The Hall–Kier alpha value is -5.65. The molecule has 0 aliphatic carbocycles. The number of anilines is 4. The zero-order valence-electron chi connectivity index (χ0n) is 24.8. The van der Waals surface area contributed by atoms with E-state index in [4.69, 9.17) is 17.3 Å². The number of piperazine rings is 1. The van der Waals surface area contributed by atoms with Crippen molar-refractivity contribution in [1.29, 1.82) is 0 Å². The highest BCUT2D eigenvalue weighted by atomic mass is 35.5. The first kappa shape index (κ1) is 31.8. The van der Waals surface area contributed by atoms with Crippen LogP contribution in [-0.2, 0) is 16.1 Å². The Balaban J connectivity index is 1.44. The lowest BCUT2D eigenvalue weighted by atomic mass is 10.2. The summed E-state index contributed by atoms with van der Waals surface area (Å²) in [6, 6.07) is 6.59. The number of rotatable bonds is 9. The molecule has 1 aliphatic rings. The monoisotopic (exact) mass is 654 g/mol. The molecule has 0 spiro atoms. The topological polar surface area (TPSA) is 238 Å². The standard InChI is InChI=1S/C27H31ClN12O6/c1-14-21(37-9-11-38(12-10-37)23(44)20-19(29)22(43)34-26(46)33-20)24(45)40-27(35-25(36-40)31-8-7-30-15(2)41)39(14)13-18(42)32-17-5-3-16(28)4-6-17/h3-6H,7-13,29H2,1-2H3,(H,30,41)(H,31,36)(H,32,42)(H2,33,34,43,46). The van der Waals surface area contributed by atoms with Gasteiger partial charge >= 0.3 is 5.69 Å². The first-order valence-corrected chi connectivity index (χ1v) is 14.5. The van der Waals surface area contributed by atoms with Crippen LogP contribution in [-0.4, -0.2) is 91.0 Å². The molecular formula is C27H31ClN12O6. The van der Waals surface area contributed by atoms with Crippen LogP contribution < -0.4 is 43.4 Å². The average Bonchev–Trinajstić information content (AvgIpc) is 3.45. The number of carbonyl (C=O) groups excluding carboxylic acids is 3. The van der Waals surface area contributed by atoms with E-state index in [-0.39, 0.29) is 68.3 Å². The number of nitrogens with two attached hydrogens (primary N) is 1. The van der Waals surface area contributed by atoms with Gasteiger partial charge in [-0.15, -0.1) is 5.10 Å². The number of aromatic nitrogens is 6. The number of amides is 3. The van der Waals surface area contributed by atoms with Gasteiger partial charge in [0.1, 0.15) is 23.6 Å². The summed E-state index contributed by atoms with van der Waals surface area (Å²) >= 11 is 5.96. The van der Waals surface area contributed by atoms with Crippen molar-refractivity contribution in [3.8, 4) is 0 Å². The van der Waals surface area contributed by atoms with E-state index in [2.05, 4.69) is 31.0 Å². The number of hydrogen-bond donors (Lipinski definition) is 6. The first-order chi connectivity index (χ1) is 21.9. The Morgan fingerprint density at radius 3 is 2.39 bits per heavy atom. The number of aromatic amines is 2. The summed E-state index contributed by atoms with van der Waals surface area (Å²) in [7, 11) is 0. The minimum atomic E-state index is -0.868. The average molecular weight is 655 g/mol. The molecule has 0 atom stereocenters. The third kappa shape index (κ3) is 6.70. The molecule has 242 valence electrons. The zero-order valence-corrected chi connectivity index (χ0v) is 25.6. The second-order valence-corrected chi connectivity index (χ2v) is 10.8. The minimum absolute atomic E-state index is 0.113. The summed E-state index contributed by atoms with van der Waals surface area (Å²) < 4.78 is 2.66. The van der Waals surface area contributed by atoms with E-state index in [1.807, 2.05) is 4.98 Å². The Kier molecular flexibility index (Phi) is 9.08. The quantitative estimate of drug-likeness (QED) is 0.119. The SMILES string of the molecule is CC(=O)NCCNc1nc2n(CC(=O)Nc3ccc(Cl)cc3)c(C)c(N3CCN(C(=O)c4[nH]c(=O)[nH]c(=O)c4N)CC3)c(=O)n2n1. The fourth-order valence-electron chi connectivity index (χ4n) is 5.02. The molecule has 0 unspecified atom stereocenters. The molecule has 4 aromatic rings. The number of halogens is 1. The van der Waals surface area contributed by atoms with E-state index in [9.17, 15) is 28.8 Å². The van der Waals surface area contributed by atoms with Gasteiger partial charge in [0.05, 0.1) is 0 Å². The van der Waals surface area contributed by atoms with Gasteiger partial charge in [0.15, 0.2) is 0 Å². The molecule has 3 amide bonds. The van der Waals surface area contributed by atoms with Crippen LogP contribution in [0.1, 0.15) is 23.1 Å². The van der Waals surface area contributed by atoms with Crippen molar-refractivity contribution in [1.82, 2.24) is 39.3 Å². The third-order valence-corrected chi connectivity index (χ3v) is 7.51. The predicted molar refractivity (Wildman–Crippen MR) is 169 cm³/mol. The summed E-state index contributed by atoms with van der Waals surface area (Å²) in [5, 5.41) is 13.3. The second-order valence-electron chi connectivity index (χ2n) is 10.4. The maximum absolute atomic E-state index is 13.8. The van der Waals surface area contributed by atoms with Gasteiger partial charge in [0.25, 0.3) is 17.0 Å². The van der Waals surface area contributed by atoms with Crippen molar-refractivity contribution < 1.29 is 14.4 Å². The minimum Gasteiger partial charge on any atom is -0.392 e. The van der Waals surface area contributed by atoms with Crippen molar-refractivity contribution >= 4 is 58.1 Å². The predicted octanol–water partition coefficient (Wildman–Crippen LogP) is -1.04. The molecule has 3 aromatic heterocycles. The molecule has 4 heterocycles. The maximum atomic E-state index is 13.8. The Morgan fingerprint density at radius 1 is 1.02 bits per heavy atom. The van der Waals surface area contributed by atoms with Crippen molar-refractivity contribution in [2.45, 2.75) is 20.4 Å². The van der Waals surface area contributed by atoms with Crippen LogP contribution in [0.5, 0.6) is 0 Å². The third-order valence-electron chi connectivity index (χ3n) is 7.26. The van der Waals surface area contributed by atoms with Crippen molar-refractivity contribution in [2.24, 2.45) is 0 Å². The van der Waals surface area contributed by atoms with Crippen LogP contribution in [0.3, 0.4) is 0 Å².